The number of carbonyl (C=O) groups excluding carboxylic acids is 2. The van der Waals surface area contributed by atoms with Crippen LogP contribution in [0.3, 0.4) is 0 Å². The summed E-state index contributed by atoms with van der Waals surface area (Å²) in [7, 11) is 0. The number of carboxylic acid groups (broad SMARTS) is 1. The Kier molecular flexibility index (Phi) is 7.70. The van der Waals surface area contributed by atoms with Crippen molar-refractivity contribution in [3.8, 4) is 11.1 Å². The lowest BCUT2D eigenvalue weighted by atomic mass is 9.98. The van der Waals surface area contributed by atoms with Crippen LogP contribution in [0.5, 0.6) is 0 Å². The quantitative estimate of drug-likeness (QED) is 0.506. The van der Waals surface area contributed by atoms with Crippen LogP contribution < -0.4 is 10.6 Å². The van der Waals surface area contributed by atoms with Crippen molar-refractivity contribution < 1.29 is 29.0 Å². The fraction of sp³-hybridized carbons (Fsp3) is 0.444. The minimum Gasteiger partial charge on any atom is -0.479 e. The van der Waals surface area contributed by atoms with Crippen LogP contribution in [-0.4, -0.2) is 55.0 Å². The lowest BCUT2D eigenvalue weighted by molar-refractivity contribution is -0.149. The molecule has 3 N–H and O–H groups in total. The Balaban J connectivity index is 1.36. The second-order valence-corrected chi connectivity index (χ2v) is 9.58. The monoisotopic (exact) mass is 480 g/mol. The van der Waals surface area contributed by atoms with Gasteiger partial charge in [-0.2, -0.15) is 0 Å². The first-order chi connectivity index (χ1) is 16.8. The number of alkyl carbamates (subject to hydrolysis) is 1. The van der Waals surface area contributed by atoms with Gasteiger partial charge in [-0.3, -0.25) is 4.79 Å². The fourth-order valence-corrected chi connectivity index (χ4v) is 4.96. The van der Waals surface area contributed by atoms with Gasteiger partial charge in [0.1, 0.15) is 12.6 Å². The highest BCUT2D eigenvalue weighted by atomic mass is 16.5. The molecule has 35 heavy (non-hydrogen) atoms. The molecular weight excluding hydrogens is 448 g/mol. The van der Waals surface area contributed by atoms with E-state index in [0.29, 0.717) is 19.4 Å². The fourth-order valence-electron chi connectivity index (χ4n) is 4.96. The third kappa shape index (κ3) is 5.65. The van der Waals surface area contributed by atoms with Crippen molar-refractivity contribution in [2.45, 2.75) is 44.8 Å². The molecule has 0 saturated carbocycles. The standard InChI is InChI=1S/C27H32N2O6/c1-16(2)13-23(25(30)28-14-17-11-12-34-24(17)26(31)32)29-27(33)35-15-22-20-9-5-3-7-18(20)19-8-4-6-10-21(19)22/h3-10,16-17,22-24H,11-15H2,1-2H3,(H,28,30)(H,29,33)(H,31,32)/t17-,23-,24-/m1/s1. The molecule has 186 valence electrons. The van der Waals surface area contributed by atoms with Crippen LogP contribution in [0.2, 0.25) is 0 Å². The van der Waals surface area contributed by atoms with Crippen molar-refractivity contribution in [3.05, 3.63) is 59.7 Å². The van der Waals surface area contributed by atoms with Crippen LogP contribution in [0.1, 0.15) is 43.7 Å². The van der Waals surface area contributed by atoms with Crippen LogP contribution in [0.25, 0.3) is 11.1 Å². The van der Waals surface area contributed by atoms with Crippen molar-refractivity contribution in [1.29, 1.82) is 0 Å². The molecule has 0 spiro atoms. The van der Waals surface area contributed by atoms with Crippen LogP contribution in [0.15, 0.2) is 48.5 Å². The topological polar surface area (TPSA) is 114 Å². The normalized spacial score (nSPS) is 19.6. The number of hydrogen-bond acceptors (Lipinski definition) is 5. The molecule has 2 amide bonds. The number of hydrogen-bond donors (Lipinski definition) is 3. The summed E-state index contributed by atoms with van der Waals surface area (Å²) in [5.41, 5.74) is 4.52. The maximum Gasteiger partial charge on any atom is 0.407 e. The van der Waals surface area contributed by atoms with E-state index in [0.717, 1.165) is 22.3 Å². The smallest absolute Gasteiger partial charge is 0.407 e. The Morgan fingerprint density at radius 2 is 1.69 bits per heavy atom. The summed E-state index contributed by atoms with van der Waals surface area (Å²) in [6.45, 7) is 4.62. The van der Waals surface area contributed by atoms with E-state index in [1.54, 1.807) is 0 Å². The molecule has 8 heteroatoms. The maximum absolute atomic E-state index is 12.9. The summed E-state index contributed by atoms with van der Waals surface area (Å²) in [4.78, 5) is 36.9. The highest BCUT2D eigenvalue weighted by molar-refractivity contribution is 5.86. The molecule has 8 nitrogen and oxygen atoms in total. The SMILES string of the molecule is CC(C)C[C@@H](NC(=O)OCC1c2ccccc2-c2ccccc21)C(=O)NC[C@H]1CCO[C@H]1C(=O)O. The van der Waals surface area contributed by atoms with Crippen LogP contribution in [-0.2, 0) is 19.1 Å². The lowest BCUT2D eigenvalue weighted by Gasteiger charge is -2.22. The number of ether oxygens (including phenoxy) is 2. The first kappa shape index (κ1) is 24.7. The van der Waals surface area contributed by atoms with E-state index in [4.69, 9.17) is 9.47 Å². The Morgan fingerprint density at radius 1 is 1.06 bits per heavy atom. The molecular formula is C27H32N2O6. The second-order valence-electron chi connectivity index (χ2n) is 9.58. The van der Waals surface area contributed by atoms with E-state index in [9.17, 15) is 19.5 Å². The second kappa shape index (κ2) is 10.9. The van der Waals surface area contributed by atoms with Crippen molar-refractivity contribution in [2.24, 2.45) is 11.8 Å². The van der Waals surface area contributed by atoms with Gasteiger partial charge in [0, 0.05) is 25.0 Å². The largest absolute Gasteiger partial charge is 0.479 e. The zero-order valence-corrected chi connectivity index (χ0v) is 20.0. The third-order valence-electron chi connectivity index (χ3n) is 6.66. The molecule has 1 heterocycles. The van der Waals surface area contributed by atoms with Crippen molar-refractivity contribution >= 4 is 18.0 Å². The van der Waals surface area contributed by atoms with E-state index in [2.05, 4.69) is 22.8 Å². The maximum atomic E-state index is 12.9. The number of rotatable bonds is 9. The summed E-state index contributed by atoms with van der Waals surface area (Å²) in [6, 6.07) is 15.4. The first-order valence-corrected chi connectivity index (χ1v) is 12.1. The van der Waals surface area contributed by atoms with Crippen molar-refractivity contribution in [1.82, 2.24) is 10.6 Å². The molecule has 3 atom stereocenters. The van der Waals surface area contributed by atoms with Gasteiger partial charge in [0.05, 0.1) is 0 Å². The Bertz CT molecular complexity index is 1040. The minimum atomic E-state index is -1.03. The highest BCUT2D eigenvalue weighted by Gasteiger charge is 2.35. The Labute approximate surface area is 205 Å². The Hall–Kier alpha value is -3.39. The molecule has 4 rings (SSSR count). The molecule has 0 aromatic heterocycles. The summed E-state index contributed by atoms with van der Waals surface area (Å²) in [6.07, 6.45) is -0.583. The van der Waals surface area contributed by atoms with E-state index < -0.39 is 24.2 Å². The first-order valence-electron chi connectivity index (χ1n) is 12.1. The molecule has 1 fully saturated rings. The zero-order chi connectivity index (χ0) is 24.9. The van der Waals surface area contributed by atoms with Gasteiger partial charge in [0.15, 0.2) is 6.10 Å². The van der Waals surface area contributed by atoms with E-state index >= 15 is 0 Å². The summed E-state index contributed by atoms with van der Waals surface area (Å²) < 4.78 is 10.8. The van der Waals surface area contributed by atoms with Crippen molar-refractivity contribution in [3.63, 3.8) is 0 Å². The summed E-state index contributed by atoms with van der Waals surface area (Å²) in [5.74, 6) is -1.60. The highest BCUT2D eigenvalue weighted by Crippen LogP contribution is 2.44. The number of aliphatic carboxylic acids is 1. The van der Waals surface area contributed by atoms with Gasteiger partial charge in [-0.15, -0.1) is 0 Å². The molecule has 0 radical (unpaired) electrons. The van der Waals surface area contributed by atoms with Crippen LogP contribution in [0, 0.1) is 11.8 Å². The van der Waals surface area contributed by atoms with Gasteiger partial charge < -0.3 is 25.2 Å². The van der Waals surface area contributed by atoms with Gasteiger partial charge in [0.2, 0.25) is 5.91 Å². The molecule has 0 bridgehead atoms. The van der Waals surface area contributed by atoms with Gasteiger partial charge >= 0.3 is 12.1 Å². The van der Waals surface area contributed by atoms with Crippen LogP contribution in [0.4, 0.5) is 4.79 Å². The molecule has 1 aliphatic carbocycles. The van der Waals surface area contributed by atoms with Crippen LogP contribution >= 0.6 is 0 Å². The number of amides is 2. The van der Waals surface area contributed by atoms with Gasteiger partial charge in [-0.25, -0.2) is 9.59 Å². The average molecular weight is 481 g/mol. The molecule has 0 unspecified atom stereocenters. The third-order valence-corrected chi connectivity index (χ3v) is 6.66. The lowest BCUT2D eigenvalue weighted by Crippen LogP contribution is -2.49. The molecule has 1 aliphatic heterocycles. The molecule has 1 saturated heterocycles. The zero-order valence-electron chi connectivity index (χ0n) is 20.0. The Morgan fingerprint density at radius 3 is 2.29 bits per heavy atom. The minimum absolute atomic E-state index is 0.0687. The summed E-state index contributed by atoms with van der Waals surface area (Å²) >= 11 is 0. The number of benzene rings is 2. The number of carbonyl (C=O) groups is 3. The number of nitrogens with one attached hydrogen (secondary N) is 2. The summed E-state index contributed by atoms with van der Waals surface area (Å²) in [5, 5.41) is 14.8. The van der Waals surface area contributed by atoms with Crippen molar-refractivity contribution in [2.75, 3.05) is 19.8 Å². The van der Waals surface area contributed by atoms with E-state index in [1.165, 1.54) is 0 Å². The predicted molar refractivity (Wildman–Crippen MR) is 130 cm³/mol. The predicted octanol–water partition coefficient (Wildman–Crippen LogP) is 3.55. The van der Waals surface area contributed by atoms with E-state index in [1.807, 2.05) is 50.2 Å². The number of fused-ring (bicyclic) bond motifs is 3. The number of carboxylic acids is 1. The van der Waals surface area contributed by atoms with Gasteiger partial charge in [-0.1, -0.05) is 62.4 Å². The van der Waals surface area contributed by atoms with Gasteiger partial charge in [0.25, 0.3) is 0 Å². The average Bonchev–Trinajstić information content (AvgIpc) is 3.43. The molecule has 2 aromatic rings. The van der Waals surface area contributed by atoms with Gasteiger partial charge in [-0.05, 0) is 41.0 Å². The molecule has 2 aliphatic rings. The van der Waals surface area contributed by atoms with E-state index in [-0.39, 0.29) is 36.8 Å². The molecule has 2 aromatic carbocycles.